The van der Waals surface area contributed by atoms with Crippen LogP contribution in [0.4, 0.5) is 5.13 Å². The molecule has 2 heterocycles. The first-order valence-corrected chi connectivity index (χ1v) is 6.45. The molecule has 0 aliphatic carbocycles. The molecule has 8 heteroatoms. The summed E-state index contributed by atoms with van der Waals surface area (Å²) in [4.78, 5) is 22.5. The molecule has 0 saturated carbocycles. The van der Waals surface area contributed by atoms with Crippen LogP contribution < -0.4 is 5.32 Å². The van der Waals surface area contributed by atoms with Gasteiger partial charge in [-0.15, -0.1) is 10.2 Å². The lowest BCUT2D eigenvalue weighted by Gasteiger charge is -2.02. The highest BCUT2D eigenvalue weighted by Crippen LogP contribution is 2.31. The van der Waals surface area contributed by atoms with Crippen LogP contribution in [0, 0.1) is 0 Å². The number of esters is 1. The lowest BCUT2D eigenvalue weighted by molar-refractivity contribution is -0.152. The van der Waals surface area contributed by atoms with E-state index in [1.807, 2.05) is 0 Å². The number of carbonyl (C=O) groups is 2. The minimum atomic E-state index is -0.925. The second-order valence-electron chi connectivity index (χ2n) is 3.62. The summed E-state index contributed by atoms with van der Waals surface area (Å²) in [5.41, 5.74) is 0. The molecule has 1 N–H and O–H groups in total. The minimum Gasteiger partial charge on any atom is -0.459 e. The zero-order valence-electron chi connectivity index (χ0n) is 9.84. The van der Waals surface area contributed by atoms with Crippen LogP contribution in [-0.2, 0) is 19.1 Å². The van der Waals surface area contributed by atoms with Gasteiger partial charge in [-0.25, -0.2) is 4.79 Å². The van der Waals surface area contributed by atoms with E-state index in [0.717, 1.165) is 19.4 Å². The van der Waals surface area contributed by atoms with Gasteiger partial charge >= 0.3 is 11.9 Å². The van der Waals surface area contributed by atoms with Crippen molar-refractivity contribution in [2.75, 3.05) is 18.5 Å². The van der Waals surface area contributed by atoms with Crippen molar-refractivity contribution < 1.29 is 19.1 Å². The number of hydrogen-bond acceptors (Lipinski definition) is 7. The maximum atomic E-state index is 11.4. The topological polar surface area (TPSA) is 90.4 Å². The molecule has 98 valence electrons. The molecule has 0 radical (unpaired) electrons. The Morgan fingerprint density at radius 3 is 3.06 bits per heavy atom. The fraction of sp³-hybridized carbons (Fsp3) is 0.600. The van der Waals surface area contributed by atoms with Crippen molar-refractivity contribution in [1.82, 2.24) is 10.2 Å². The maximum Gasteiger partial charge on any atom is 0.397 e. The second-order valence-corrected chi connectivity index (χ2v) is 4.63. The summed E-state index contributed by atoms with van der Waals surface area (Å²) in [6.07, 6.45) is 1.85. The van der Waals surface area contributed by atoms with E-state index in [4.69, 9.17) is 4.74 Å². The van der Waals surface area contributed by atoms with E-state index >= 15 is 0 Å². The highest BCUT2D eigenvalue weighted by atomic mass is 32.1. The quantitative estimate of drug-likeness (QED) is 0.648. The lowest BCUT2D eigenvalue weighted by Crippen LogP contribution is -2.24. The summed E-state index contributed by atoms with van der Waals surface area (Å²) >= 11 is 1.21. The lowest BCUT2D eigenvalue weighted by atomic mass is 10.2. The Hall–Kier alpha value is -1.54. The van der Waals surface area contributed by atoms with E-state index in [2.05, 4.69) is 20.3 Å². The average molecular weight is 271 g/mol. The summed E-state index contributed by atoms with van der Waals surface area (Å²) in [6, 6.07) is 0. The van der Waals surface area contributed by atoms with E-state index < -0.39 is 11.9 Å². The van der Waals surface area contributed by atoms with Crippen LogP contribution >= 0.6 is 11.3 Å². The van der Waals surface area contributed by atoms with E-state index in [1.54, 1.807) is 6.92 Å². The molecule has 1 aliphatic rings. The molecule has 1 aromatic heterocycles. The van der Waals surface area contributed by atoms with Crippen molar-refractivity contribution in [2.45, 2.75) is 25.9 Å². The Morgan fingerprint density at radius 1 is 1.56 bits per heavy atom. The second kappa shape index (κ2) is 5.87. The molecule has 1 atom stereocenters. The SMILES string of the molecule is CCOC(=O)C(=O)Nc1nnc(C2CCCO2)s1. The van der Waals surface area contributed by atoms with Gasteiger partial charge in [-0.2, -0.15) is 0 Å². The number of aromatic nitrogens is 2. The van der Waals surface area contributed by atoms with Crippen LogP contribution in [0.1, 0.15) is 30.9 Å². The first kappa shape index (κ1) is 12.9. The monoisotopic (exact) mass is 271 g/mol. The number of amides is 1. The van der Waals surface area contributed by atoms with Gasteiger partial charge < -0.3 is 9.47 Å². The maximum absolute atomic E-state index is 11.4. The van der Waals surface area contributed by atoms with Crippen molar-refractivity contribution in [3.8, 4) is 0 Å². The minimum absolute atomic E-state index is 0.0456. The molecule has 0 bridgehead atoms. The standard InChI is InChI=1S/C10H13N3O4S/c1-2-16-9(15)7(14)11-10-13-12-8(18-10)6-4-3-5-17-6/h6H,2-5H2,1H3,(H,11,13,14). The number of nitrogens with one attached hydrogen (secondary N) is 1. The normalized spacial score (nSPS) is 18.6. The Morgan fingerprint density at radius 2 is 2.39 bits per heavy atom. The summed E-state index contributed by atoms with van der Waals surface area (Å²) in [7, 11) is 0. The van der Waals surface area contributed by atoms with E-state index in [0.29, 0.717) is 5.01 Å². The van der Waals surface area contributed by atoms with E-state index in [1.165, 1.54) is 11.3 Å². The smallest absolute Gasteiger partial charge is 0.397 e. The Balaban J connectivity index is 1.93. The third kappa shape index (κ3) is 3.02. The average Bonchev–Trinajstić information content (AvgIpc) is 2.98. The molecule has 1 fully saturated rings. The summed E-state index contributed by atoms with van der Waals surface area (Å²) in [5, 5.41) is 11.1. The van der Waals surface area contributed by atoms with Crippen molar-refractivity contribution in [2.24, 2.45) is 0 Å². The molecular weight excluding hydrogens is 258 g/mol. The predicted molar refractivity (Wildman–Crippen MR) is 63.1 cm³/mol. The van der Waals surface area contributed by atoms with Gasteiger partial charge in [0, 0.05) is 6.61 Å². The van der Waals surface area contributed by atoms with Gasteiger partial charge in [0.15, 0.2) is 0 Å². The Bertz CT molecular complexity index is 442. The van der Waals surface area contributed by atoms with Crippen LogP contribution in [0.15, 0.2) is 0 Å². The number of ether oxygens (including phenoxy) is 2. The third-order valence-corrected chi connectivity index (χ3v) is 3.26. The van der Waals surface area contributed by atoms with Crippen LogP contribution in [0.3, 0.4) is 0 Å². The molecule has 0 spiro atoms. The number of hydrogen-bond donors (Lipinski definition) is 1. The highest BCUT2D eigenvalue weighted by molar-refractivity contribution is 7.15. The van der Waals surface area contributed by atoms with Crippen molar-refractivity contribution in [1.29, 1.82) is 0 Å². The van der Waals surface area contributed by atoms with Crippen LogP contribution in [0.25, 0.3) is 0 Å². The Kier molecular flexibility index (Phi) is 4.21. The van der Waals surface area contributed by atoms with Crippen molar-refractivity contribution in [3.63, 3.8) is 0 Å². The molecule has 2 rings (SSSR count). The molecule has 1 amide bonds. The predicted octanol–water partition coefficient (Wildman–Crippen LogP) is 0.891. The zero-order valence-corrected chi connectivity index (χ0v) is 10.7. The highest BCUT2D eigenvalue weighted by Gasteiger charge is 2.23. The van der Waals surface area contributed by atoms with Gasteiger partial charge in [-0.1, -0.05) is 11.3 Å². The molecular formula is C10H13N3O4S. The molecule has 1 aromatic rings. The van der Waals surface area contributed by atoms with Gasteiger partial charge in [0.05, 0.1) is 6.61 Å². The van der Waals surface area contributed by atoms with Crippen molar-refractivity contribution >= 4 is 28.3 Å². The van der Waals surface area contributed by atoms with Gasteiger partial charge in [0.25, 0.3) is 0 Å². The fourth-order valence-corrected chi connectivity index (χ4v) is 2.35. The molecule has 18 heavy (non-hydrogen) atoms. The molecule has 7 nitrogen and oxygen atoms in total. The molecule has 1 aliphatic heterocycles. The van der Waals surface area contributed by atoms with E-state index in [9.17, 15) is 9.59 Å². The van der Waals surface area contributed by atoms with Crippen LogP contribution in [-0.4, -0.2) is 35.3 Å². The number of carbonyl (C=O) groups excluding carboxylic acids is 2. The molecule has 1 unspecified atom stereocenters. The van der Waals surface area contributed by atoms with E-state index in [-0.39, 0.29) is 17.8 Å². The summed E-state index contributed by atoms with van der Waals surface area (Å²) < 4.78 is 10.0. The summed E-state index contributed by atoms with van der Waals surface area (Å²) in [6.45, 7) is 2.50. The number of anilines is 1. The fourth-order valence-electron chi connectivity index (χ4n) is 1.53. The van der Waals surface area contributed by atoms with Crippen LogP contribution in [0.2, 0.25) is 0 Å². The third-order valence-electron chi connectivity index (χ3n) is 2.33. The zero-order chi connectivity index (χ0) is 13.0. The first-order valence-electron chi connectivity index (χ1n) is 5.63. The van der Waals surface area contributed by atoms with Gasteiger partial charge in [-0.05, 0) is 19.8 Å². The van der Waals surface area contributed by atoms with Crippen LogP contribution in [0.5, 0.6) is 0 Å². The van der Waals surface area contributed by atoms with Gasteiger partial charge in [-0.3, -0.25) is 10.1 Å². The van der Waals surface area contributed by atoms with Gasteiger partial charge in [0.1, 0.15) is 11.1 Å². The largest absolute Gasteiger partial charge is 0.459 e. The Labute approximate surface area is 107 Å². The first-order chi connectivity index (χ1) is 8.70. The number of nitrogens with zero attached hydrogens (tertiary/aromatic N) is 2. The number of rotatable bonds is 3. The summed E-state index contributed by atoms with van der Waals surface area (Å²) in [5.74, 6) is -1.77. The van der Waals surface area contributed by atoms with Crippen molar-refractivity contribution in [3.05, 3.63) is 5.01 Å². The molecule has 1 saturated heterocycles. The van der Waals surface area contributed by atoms with Gasteiger partial charge in [0.2, 0.25) is 5.13 Å². The molecule has 0 aromatic carbocycles.